The molecule has 0 aromatic carbocycles. The summed E-state index contributed by atoms with van der Waals surface area (Å²) in [5.74, 6) is 2.79. The van der Waals surface area contributed by atoms with Crippen LogP contribution in [0.15, 0.2) is 27.3 Å². The second kappa shape index (κ2) is 5.64. The molecule has 0 bridgehead atoms. The largest absolute Gasteiger partial charge is 0.461 e. The van der Waals surface area contributed by atoms with E-state index < -0.39 is 0 Å². The molecule has 0 amide bonds. The van der Waals surface area contributed by atoms with E-state index in [1.165, 1.54) is 38.5 Å². The summed E-state index contributed by atoms with van der Waals surface area (Å²) in [4.78, 5) is 7.02. The molecule has 2 unspecified atom stereocenters. The summed E-state index contributed by atoms with van der Waals surface area (Å²) in [6.07, 6.45) is 9.79. The summed E-state index contributed by atoms with van der Waals surface area (Å²) in [7, 11) is 0. The highest BCUT2D eigenvalue weighted by Crippen LogP contribution is 2.35. The molecule has 2 atom stereocenters. The summed E-state index contributed by atoms with van der Waals surface area (Å²) in [6, 6.07) is 4.40. The summed E-state index contributed by atoms with van der Waals surface area (Å²) >= 11 is 0. The van der Waals surface area contributed by atoms with Crippen molar-refractivity contribution in [3.63, 3.8) is 0 Å². The average molecular weight is 287 g/mol. The molecule has 4 rings (SSSR count). The van der Waals surface area contributed by atoms with E-state index in [1.807, 2.05) is 12.1 Å². The second-order valence-corrected chi connectivity index (χ2v) is 6.21. The Morgan fingerprint density at radius 1 is 1.19 bits per heavy atom. The third-order valence-electron chi connectivity index (χ3n) is 4.91. The Hall–Kier alpha value is -1.62. The SMILES string of the molecule is c1coc(-c2noc(CN3CCCC4CCCCC43)n2)c1. The average Bonchev–Trinajstić information content (AvgIpc) is 3.18. The minimum Gasteiger partial charge on any atom is -0.461 e. The molecule has 0 spiro atoms. The Balaban J connectivity index is 1.47. The van der Waals surface area contributed by atoms with Crippen molar-refractivity contribution in [2.75, 3.05) is 6.54 Å². The third-order valence-corrected chi connectivity index (χ3v) is 4.91. The number of hydrogen-bond acceptors (Lipinski definition) is 5. The lowest BCUT2D eigenvalue weighted by molar-refractivity contribution is 0.0466. The first kappa shape index (κ1) is 13.1. The predicted molar refractivity (Wildman–Crippen MR) is 77.4 cm³/mol. The molecule has 1 aliphatic heterocycles. The van der Waals surface area contributed by atoms with Gasteiger partial charge in [0.2, 0.25) is 11.7 Å². The summed E-state index contributed by atoms with van der Waals surface area (Å²) < 4.78 is 10.7. The molecule has 2 fully saturated rings. The van der Waals surface area contributed by atoms with Crippen molar-refractivity contribution in [2.24, 2.45) is 5.92 Å². The van der Waals surface area contributed by atoms with Crippen LogP contribution in [-0.4, -0.2) is 27.6 Å². The first-order chi connectivity index (χ1) is 10.4. The Morgan fingerprint density at radius 3 is 3.00 bits per heavy atom. The summed E-state index contributed by atoms with van der Waals surface area (Å²) in [5.41, 5.74) is 0. The molecule has 2 aliphatic rings. The van der Waals surface area contributed by atoms with Gasteiger partial charge in [-0.15, -0.1) is 0 Å². The number of aromatic nitrogens is 2. The summed E-state index contributed by atoms with van der Waals surface area (Å²) in [5, 5.41) is 4.02. The zero-order chi connectivity index (χ0) is 14.1. The van der Waals surface area contributed by atoms with Crippen molar-refractivity contribution in [2.45, 2.75) is 51.1 Å². The molecule has 1 saturated heterocycles. The van der Waals surface area contributed by atoms with Crippen molar-refractivity contribution < 1.29 is 8.94 Å². The molecule has 21 heavy (non-hydrogen) atoms. The smallest absolute Gasteiger partial charge is 0.241 e. The molecular formula is C16H21N3O2. The van der Waals surface area contributed by atoms with Crippen molar-refractivity contribution in [3.05, 3.63) is 24.3 Å². The van der Waals surface area contributed by atoms with Crippen LogP contribution in [0.5, 0.6) is 0 Å². The van der Waals surface area contributed by atoms with Crippen LogP contribution < -0.4 is 0 Å². The van der Waals surface area contributed by atoms with E-state index in [1.54, 1.807) is 6.26 Å². The summed E-state index contributed by atoms with van der Waals surface area (Å²) in [6.45, 7) is 1.93. The van der Waals surface area contributed by atoms with Gasteiger partial charge in [-0.05, 0) is 50.3 Å². The minimum absolute atomic E-state index is 0.548. The molecule has 1 aliphatic carbocycles. The Labute approximate surface area is 124 Å². The molecule has 0 N–H and O–H groups in total. The maximum atomic E-state index is 5.41. The number of nitrogens with zero attached hydrogens (tertiary/aromatic N) is 3. The fraction of sp³-hybridized carbons (Fsp3) is 0.625. The Bertz CT molecular complexity index is 576. The van der Waals surface area contributed by atoms with Crippen molar-refractivity contribution >= 4 is 0 Å². The molecule has 5 heteroatoms. The van der Waals surface area contributed by atoms with E-state index in [0.29, 0.717) is 23.5 Å². The molecule has 2 aromatic rings. The lowest BCUT2D eigenvalue weighted by Crippen LogP contribution is -2.46. The van der Waals surface area contributed by atoms with Gasteiger partial charge in [0.05, 0.1) is 12.8 Å². The van der Waals surface area contributed by atoms with Crippen LogP contribution in [-0.2, 0) is 6.54 Å². The zero-order valence-electron chi connectivity index (χ0n) is 12.2. The van der Waals surface area contributed by atoms with E-state index >= 15 is 0 Å². The van der Waals surface area contributed by atoms with Gasteiger partial charge >= 0.3 is 0 Å². The van der Waals surface area contributed by atoms with Crippen LogP contribution in [0.4, 0.5) is 0 Å². The highest BCUT2D eigenvalue weighted by Gasteiger charge is 2.33. The van der Waals surface area contributed by atoms with Crippen molar-refractivity contribution in [1.29, 1.82) is 0 Å². The van der Waals surface area contributed by atoms with Gasteiger partial charge in [-0.2, -0.15) is 4.98 Å². The van der Waals surface area contributed by atoms with Crippen molar-refractivity contribution in [3.8, 4) is 11.6 Å². The van der Waals surface area contributed by atoms with Gasteiger partial charge in [0.15, 0.2) is 5.76 Å². The molecular weight excluding hydrogens is 266 g/mol. The third kappa shape index (κ3) is 2.62. The Kier molecular flexibility index (Phi) is 3.51. The lowest BCUT2D eigenvalue weighted by atomic mass is 9.78. The zero-order valence-corrected chi connectivity index (χ0v) is 12.2. The molecule has 5 nitrogen and oxygen atoms in total. The predicted octanol–water partition coefficient (Wildman–Crippen LogP) is 3.48. The Morgan fingerprint density at radius 2 is 2.10 bits per heavy atom. The molecule has 2 aromatic heterocycles. The van der Waals surface area contributed by atoms with E-state index in [9.17, 15) is 0 Å². The molecule has 3 heterocycles. The second-order valence-electron chi connectivity index (χ2n) is 6.21. The highest BCUT2D eigenvalue weighted by atomic mass is 16.5. The fourth-order valence-electron chi connectivity index (χ4n) is 3.92. The highest BCUT2D eigenvalue weighted by molar-refractivity contribution is 5.44. The normalized spacial score (nSPS) is 26.7. The maximum Gasteiger partial charge on any atom is 0.241 e. The number of hydrogen-bond donors (Lipinski definition) is 0. The number of likely N-dealkylation sites (tertiary alicyclic amines) is 1. The molecule has 1 saturated carbocycles. The maximum absolute atomic E-state index is 5.41. The van der Waals surface area contributed by atoms with E-state index in [-0.39, 0.29) is 0 Å². The van der Waals surface area contributed by atoms with Crippen LogP contribution in [0.25, 0.3) is 11.6 Å². The van der Waals surface area contributed by atoms with Crippen LogP contribution in [0.1, 0.15) is 44.4 Å². The van der Waals surface area contributed by atoms with Crippen LogP contribution in [0.2, 0.25) is 0 Å². The fourth-order valence-corrected chi connectivity index (χ4v) is 3.92. The number of piperidine rings is 1. The van der Waals surface area contributed by atoms with Gasteiger partial charge in [-0.25, -0.2) is 0 Å². The molecule has 112 valence electrons. The number of rotatable bonds is 3. The van der Waals surface area contributed by atoms with E-state index in [2.05, 4.69) is 15.0 Å². The van der Waals surface area contributed by atoms with Gasteiger partial charge in [0, 0.05) is 6.04 Å². The van der Waals surface area contributed by atoms with Crippen LogP contribution in [0, 0.1) is 5.92 Å². The quantitative estimate of drug-likeness (QED) is 0.865. The topological polar surface area (TPSA) is 55.3 Å². The number of fused-ring (bicyclic) bond motifs is 1. The standard InChI is InChI=1S/C16H21N3O2/c1-2-7-13-12(5-1)6-3-9-19(13)11-15-17-16(18-21-15)14-8-4-10-20-14/h4,8,10,12-13H,1-3,5-7,9,11H2. The van der Waals surface area contributed by atoms with Gasteiger partial charge < -0.3 is 8.94 Å². The van der Waals surface area contributed by atoms with Crippen molar-refractivity contribution in [1.82, 2.24) is 15.0 Å². The van der Waals surface area contributed by atoms with Crippen LogP contribution in [0.3, 0.4) is 0 Å². The van der Waals surface area contributed by atoms with E-state index in [4.69, 9.17) is 8.94 Å². The first-order valence-corrected chi connectivity index (χ1v) is 8.00. The monoisotopic (exact) mass is 287 g/mol. The van der Waals surface area contributed by atoms with Gasteiger partial charge in [-0.3, -0.25) is 4.90 Å². The minimum atomic E-state index is 0.548. The van der Waals surface area contributed by atoms with Crippen LogP contribution >= 0.6 is 0 Å². The molecule has 0 radical (unpaired) electrons. The van der Waals surface area contributed by atoms with E-state index in [0.717, 1.165) is 19.0 Å². The number of furan rings is 1. The van der Waals surface area contributed by atoms with Gasteiger partial charge in [0.25, 0.3) is 0 Å². The lowest BCUT2D eigenvalue weighted by Gasteiger charge is -2.43. The first-order valence-electron chi connectivity index (χ1n) is 8.00. The van der Waals surface area contributed by atoms with Gasteiger partial charge in [-0.1, -0.05) is 18.0 Å². The van der Waals surface area contributed by atoms with Gasteiger partial charge in [0.1, 0.15) is 0 Å².